The van der Waals surface area contributed by atoms with Gasteiger partial charge in [0.25, 0.3) is 5.91 Å². The first kappa shape index (κ1) is 18.9. The van der Waals surface area contributed by atoms with E-state index in [1.807, 2.05) is 36.6 Å². The van der Waals surface area contributed by atoms with Crippen molar-refractivity contribution >= 4 is 51.8 Å². The molecule has 4 rings (SSSR count). The third kappa shape index (κ3) is 4.19. The van der Waals surface area contributed by atoms with E-state index in [4.69, 9.17) is 16.3 Å². The predicted octanol–water partition coefficient (Wildman–Crippen LogP) is 4.28. The van der Waals surface area contributed by atoms with Gasteiger partial charge in [0.15, 0.2) is 6.61 Å². The van der Waals surface area contributed by atoms with Gasteiger partial charge in [-0.3, -0.25) is 9.59 Å². The molecule has 0 saturated heterocycles. The summed E-state index contributed by atoms with van der Waals surface area (Å²) in [6, 6.07) is 9.04. The number of fused-ring (bicyclic) bond motifs is 1. The number of anilines is 1. The van der Waals surface area contributed by atoms with Gasteiger partial charge in [-0.1, -0.05) is 17.7 Å². The van der Waals surface area contributed by atoms with Gasteiger partial charge in [0.05, 0.1) is 33.1 Å². The molecule has 2 aromatic heterocycles. The van der Waals surface area contributed by atoms with Crippen molar-refractivity contribution in [3.63, 3.8) is 0 Å². The molecule has 2 amide bonds. The fourth-order valence-corrected chi connectivity index (χ4v) is 4.78. The summed E-state index contributed by atoms with van der Waals surface area (Å²) >= 11 is 8.93. The van der Waals surface area contributed by atoms with Crippen molar-refractivity contribution in [2.45, 2.75) is 19.4 Å². The lowest BCUT2D eigenvalue weighted by molar-refractivity contribution is -0.121. The van der Waals surface area contributed by atoms with Crippen LogP contribution in [0.15, 0.2) is 35.7 Å². The van der Waals surface area contributed by atoms with E-state index < -0.39 is 0 Å². The summed E-state index contributed by atoms with van der Waals surface area (Å²) in [7, 11) is 0. The third-order valence-electron chi connectivity index (χ3n) is 4.19. The maximum atomic E-state index is 12.4. The number of aromatic nitrogens is 1. The Morgan fingerprint density at radius 2 is 2.25 bits per heavy atom. The van der Waals surface area contributed by atoms with Crippen LogP contribution in [0.5, 0.6) is 5.75 Å². The van der Waals surface area contributed by atoms with Crippen molar-refractivity contribution in [3.8, 4) is 15.6 Å². The Bertz CT molecular complexity index is 1050. The molecule has 1 aliphatic heterocycles. The number of carbonyl (C=O) groups is 2. The van der Waals surface area contributed by atoms with Crippen molar-refractivity contribution in [1.82, 2.24) is 10.3 Å². The minimum atomic E-state index is -0.217. The molecule has 0 saturated carbocycles. The zero-order valence-corrected chi connectivity index (χ0v) is 17.2. The number of thiazole rings is 1. The summed E-state index contributed by atoms with van der Waals surface area (Å²) in [6.45, 7) is 1.91. The number of halogens is 1. The van der Waals surface area contributed by atoms with Gasteiger partial charge in [-0.2, -0.15) is 0 Å². The van der Waals surface area contributed by atoms with E-state index in [1.54, 1.807) is 6.07 Å². The van der Waals surface area contributed by atoms with Gasteiger partial charge in [-0.25, -0.2) is 4.98 Å². The van der Waals surface area contributed by atoms with Gasteiger partial charge in [0.2, 0.25) is 5.91 Å². The minimum absolute atomic E-state index is 0.0198. The molecule has 1 aliphatic rings. The number of thiophene rings is 1. The summed E-state index contributed by atoms with van der Waals surface area (Å²) < 4.78 is 6.07. The molecule has 1 unspecified atom stereocenters. The molecule has 0 radical (unpaired) electrons. The van der Waals surface area contributed by atoms with Gasteiger partial charge >= 0.3 is 0 Å². The van der Waals surface area contributed by atoms with Crippen LogP contribution in [0.1, 0.15) is 24.2 Å². The summed E-state index contributed by atoms with van der Waals surface area (Å²) in [5, 5.41) is 8.49. The van der Waals surface area contributed by atoms with Crippen LogP contribution in [0.4, 0.5) is 5.69 Å². The largest absolute Gasteiger partial charge is 0.482 e. The number of nitrogens with zero attached hydrogens (tertiary/aromatic N) is 1. The molecule has 144 valence electrons. The van der Waals surface area contributed by atoms with Crippen LogP contribution < -0.4 is 15.4 Å². The molecular formula is C19H16ClN3O3S2. The summed E-state index contributed by atoms with van der Waals surface area (Å²) in [6.07, 6.45) is 0.199. The second kappa shape index (κ2) is 7.90. The van der Waals surface area contributed by atoms with E-state index >= 15 is 0 Å². The summed E-state index contributed by atoms with van der Waals surface area (Å²) in [5.41, 5.74) is 2.22. The summed E-state index contributed by atoms with van der Waals surface area (Å²) in [4.78, 5) is 29.4. The van der Waals surface area contributed by atoms with E-state index in [2.05, 4.69) is 15.6 Å². The van der Waals surface area contributed by atoms with Crippen LogP contribution in [0.2, 0.25) is 4.34 Å². The van der Waals surface area contributed by atoms with Gasteiger partial charge < -0.3 is 15.4 Å². The highest BCUT2D eigenvalue weighted by Crippen LogP contribution is 2.33. The number of amides is 2. The molecule has 1 aromatic carbocycles. The van der Waals surface area contributed by atoms with Crippen molar-refractivity contribution in [3.05, 3.63) is 51.3 Å². The Morgan fingerprint density at radius 1 is 1.39 bits per heavy atom. The number of carbonyl (C=O) groups excluding carboxylic acids is 2. The molecule has 6 nitrogen and oxygen atoms in total. The van der Waals surface area contributed by atoms with Crippen LogP contribution in [0, 0.1) is 0 Å². The molecule has 0 spiro atoms. The van der Waals surface area contributed by atoms with E-state index in [0.29, 0.717) is 15.8 Å². The lowest BCUT2D eigenvalue weighted by Crippen LogP contribution is -2.29. The first-order valence-electron chi connectivity index (χ1n) is 8.54. The van der Waals surface area contributed by atoms with Crippen molar-refractivity contribution in [1.29, 1.82) is 0 Å². The first-order valence-corrected chi connectivity index (χ1v) is 10.6. The average Bonchev–Trinajstić information content (AvgIpc) is 3.29. The highest BCUT2D eigenvalue weighted by atomic mass is 35.5. The fourth-order valence-electron chi connectivity index (χ4n) is 2.84. The number of benzene rings is 1. The van der Waals surface area contributed by atoms with Gasteiger partial charge in [-0.15, -0.1) is 22.7 Å². The molecular weight excluding hydrogens is 418 g/mol. The van der Waals surface area contributed by atoms with E-state index in [0.717, 1.165) is 21.1 Å². The van der Waals surface area contributed by atoms with Gasteiger partial charge in [0.1, 0.15) is 10.8 Å². The molecule has 0 bridgehead atoms. The minimum Gasteiger partial charge on any atom is -0.482 e. The Balaban J connectivity index is 1.39. The standard InChI is InChI=1S/C19H16ClN3O3S2/c1-10(11-2-3-14-13(6-11)23-18(25)8-26-14)21-17(24)7-12-9-27-19(22-12)15-4-5-16(20)28-15/h2-6,9-10H,7-8H2,1H3,(H,21,24)(H,23,25). The van der Waals surface area contributed by atoms with Crippen molar-refractivity contribution in [2.75, 3.05) is 11.9 Å². The number of ether oxygens (including phenoxy) is 1. The second-order valence-electron chi connectivity index (χ2n) is 6.31. The molecule has 0 aliphatic carbocycles. The zero-order valence-electron chi connectivity index (χ0n) is 14.8. The van der Waals surface area contributed by atoms with E-state index in [-0.39, 0.29) is 30.9 Å². The number of nitrogens with one attached hydrogen (secondary N) is 2. The van der Waals surface area contributed by atoms with Crippen LogP contribution in [-0.4, -0.2) is 23.4 Å². The number of rotatable bonds is 5. The molecule has 2 N–H and O–H groups in total. The quantitative estimate of drug-likeness (QED) is 0.629. The highest BCUT2D eigenvalue weighted by molar-refractivity contribution is 7.23. The molecule has 1 atom stereocenters. The normalized spacial score (nSPS) is 14.0. The molecule has 28 heavy (non-hydrogen) atoms. The lowest BCUT2D eigenvalue weighted by Gasteiger charge is -2.21. The van der Waals surface area contributed by atoms with E-state index in [9.17, 15) is 9.59 Å². The van der Waals surface area contributed by atoms with E-state index in [1.165, 1.54) is 22.7 Å². The molecule has 0 fully saturated rings. The Morgan fingerprint density at radius 3 is 3.04 bits per heavy atom. The Labute approximate surface area is 174 Å². The van der Waals surface area contributed by atoms with Gasteiger partial charge in [0, 0.05) is 5.38 Å². The third-order valence-corrected chi connectivity index (χ3v) is 6.48. The second-order valence-corrected chi connectivity index (χ2v) is 8.88. The zero-order chi connectivity index (χ0) is 19.7. The Hall–Kier alpha value is -2.42. The average molecular weight is 434 g/mol. The highest BCUT2D eigenvalue weighted by Gasteiger charge is 2.19. The maximum Gasteiger partial charge on any atom is 0.262 e. The SMILES string of the molecule is CC(NC(=O)Cc1csc(-c2ccc(Cl)s2)n1)c1ccc2c(c1)NC(=O)CO2. The fraction of sp³-hybridized carbons (Fsp3) is 0.211. The smallest absolute Gasteiger partial charge is 0.262 e. The van der Waals surface area contributed by atoms with Crippen LogP contribution in [0.3, 0.4) is 0 Å². The van der Waals surface area contributed by atoms with Crippen molar-refractivity contribution in [2.24, 2.45) is 0 Å². The molecule has 3 aromatic rings. The van der Waals surface area contributed by atoms with Crippen molar-refractivity contribution < 1.29 is 14.3 Å². The monoisotopic (exact) mass is 433 g/mol. The Kier molecular flexibility index (Phi) is 5.34. The summed E-state index contributed by atoms with van der Waals surface area (Å²) in [5.74, 6) is 0.324. The van der Waals surface area contributed by atoms with Crippen LogP contribution in [0.25, 0.3) is 9.88 Å². The first-order chi connectivity index (χ1) is 13.5. The van der Waals surface area contributed by atoms with Crippen LogP contribution in [-0.2, 0) is 16.0 Å². The van der Waals surface area contributed by atoms with Crippen LogP contribution >= 0.6 is 34.3 Å². The predicted molar refractivity (Wildman–Crippen MR) is 111 cm³/mol. The maximum absolute atomic E-state index is 12.4. The number of hydrogen-bond donors (Lipinski definition) is 2. The lowest BCUT2D eigenvalue weighted by atomic mass is 10.1. The van der Waals surface area contributed by atoms with Gasteiger partial charge in [-0.05, 0) is 36.8 Å². The topological polar surface area (TPSA) is 80.3 Å². The molecule has 9 heteroatoms. The number of hydrogen-bond acceptors (Lipinski definition) is 6. The molecule has 3 heterocycles.